The Morgan fingerprint density at radius 3 is 2.55 bits per heavy atom. The molecule has 1 heterocycles. The largest absolute Gasteiger partial charge is 0.312 e. The van der Waals surface area contributed by atoms with Crippen LogP contribution in [0.1, 0.15) is 25.0 Å². The molecular weight excluding hydrogens is 282 g/mol. The van der Waals surface area contributed by atoms with Crippen molar-refractivity contribution in [1.29, 1.82) is 0 Å². The van der Waals surface area contributed by atoms with Crippen LogP contribution in [0.3, 0.4) is 0 Å². The summed E-state index contributed by atoms with van der Waals surface area (Å²) >= 11 is 3.72. The third-order valence-corrected chi connectivity index (χ3v) is 4.79. The third kappa shape index (κ3) is 5.70. The molecule has 1 N–H and O–H groups in total. The summed E-state index contributed by atoms with van der Waals surface area (Å²) in [4.78, 5) is 1.37. The van der Waals surface area contributed by atoms with Gasteiger partial charge in [-0.3, -0.25) is 0 Å². The molecule has 0 saturated carbocycles. The number of rotatable bonds is 8. The van der Waals surface area contributed by atoms with Crippen LogP contribution < -0.4 is 5.32 Å². The zero-order valence-corrected chi connectivity index (χ0v) is 13.9. The van der Waals surface area contributed by atoms with Crippen molar-refractivity contribution in [3.8, 4) is 0 Å². The van der Waals surface area contributed by atoms with Gasteiger partial charge in [0.2, 0.25) is 0 Å². The monoisotopic (exact) mass is 305 g/mol. The van der Waals surface area contributed by atoms with Crippen molar-refractivity contribution in [3.63, 3.8) is 0 Å². The smallest absolute Gasteiger partial charge is 0.0205 e. The van der Waals surface area contributed by atoms with Crippen LogP contribution in [-0.4, -0.2) is 12.3 Å². The number of hydrogen-bond acceptors (Lipinski definition) is 3. The van der Waals surface area contributed by atoms with Crippen molar-refractivity contribution in [2.75, 3.05) is 12.3 Å². The standard InChI is InChI=1S/C17H23NS2/c1-14(2)11-18-12-15-3-5-17(6-4-15)20-10-8-16-7-9-19-13-16/h3-7,9,13-14,18H,8,10-12H2,1-2H3. The molecule has 108 valence electrons. The zero-order chi connectivity index (χ0) is 14.2. The Kier molecular flexibility index (Phi) is 6.64. The molecule has 0 aliphatic rings. The van der Waals surface area contributed by atoms with Gasteiger partial charge in [0.1, 0.15) is 0 Å². The molecular formula is C17H23NS2. The molecule has 0 amide bonds. The average molecular weight is 306 g/mol. The Bertz CT molecular complexity index is 474. The third-order valence-electron chi connectivity index (χ3n) is 3.04. The summed E-state index contributed by atoms with van der Waals surface area (Å²) in [6.45, 7) is 6.52. The summed E-state index contributed by atoms with van der Waals surface area (Å²) in [5.41, 5.74) is 2.82. The molecule has 0 atom stereocenters. The molecule has 0 spiro atoms. The van der Waals surface area contributed by atoms with E-state index in [4.69, 9.17) is 0 Å². The Morgan fingerprint density at radius 2 is 1.90 bits per heavy atom. The first-order valence-electron chi connectivity index (χ1n) is 7.17. The summed E-state index contributed by atoms with van der Waals surface area (Å²) in [5.74, 6) is 1.86. The van der Waals surface area contributed by atoms with Gasteiger partial charge in [-0.1, -0.05) is 26.0 Å². The minimum Gasteiger partial charge on any atom is -0.312 e. The number of hydrogen-bond donors (Lipinski definition) is 1. The lowest BCUT2D eigenvalue weighted by molar-refractivity contribution is 0.552. The van der Waals surface area contributed by atoms with Crippen molar-refractivity contribution in [3.05, 3.63) is 52.2 Å². The highest BCUT2D eigenvalue weighted by Crippen LogP contribution is 2.20. The summed E-state index contributed by atoms with van der Waals surface area (Å²) in [5, 5.41) is 7.87. The lowest BCUT2D eigenvalue weighted by Crippen LogP contribution is -2.18. The van der Waals surface area contributed by atoms with E-state index in [0.717, 1.165) is 25.3 Å². The SMILES string of the molecule is CC(C)CNCc1ccc(SCCc2ccsc2)cc1. The summed E-state index contributed by atoms with van der Waals surface area (Å²) in [6, 6.07) is 11.2. The Labute approximate surface area is 130 Å². The molecule has 0 saturated heterocycles. The van der Waals surface area contributed by atoms with Crippen LogP contribution in [0.4, 0.5) is 0 Å². The topological polar surface area (TPSA) is 12.0 Å². The molecule has 0 unspecified atom stereocenters. The second kappa shape index (κ2) is 8.50. The fourth-order valence-corrected chi connectivity index (χ4v) is 3.54. The molecule has 3 heteroatoms. The zero-order valence-electron chi connectivity index (χ0n) is 12.3. The van der Waals surface area contributed by atoms with Gasteiger partial charge in [-0.25, -0.2) is 0 Å². The Morgan fingerprint density at radius 1 is 1.10 bits per heavy atom. The molecule has 0 aliphatic carbocycles. The summed E-state index contributed by atoms with van der Waals surface area (Å²) in [7, 11) is 0. The van der Waals surface area contributed by atoms with E-state index in [0.29, 0.717) is 5.92 Å². The molecule has 0 fully saturated rings. The molecule has 0 bridgehead atoms. The van der Waals surface area contributed by atoms with Crippen LogP contribution in [0.2, 0.25) is 0 Å². The molecule has 20 heavy (non-hydrogen) atoms. The summed E-state index contributed by atoms with van der Waals surface area (Å²) < 4.78 is 0. The van der Waals surface area contributed by atoms with Gasteiger partial charge >= 0.3 is 0 Å². The van der Waals surface area contributed by atoms with Crippen LogP contribution in [0.25, 0.3) is 0 Å². The van der Waals surface area contributed by atoms with Gasteiger partial charge in [0.15, 0.2) is 0 Å². The number of nitrogens with one attached hydrogen (secondary N) is 1. The Hall–Kier alpha value is -0.770. The second-order valence-corrected chi connectivity index (χ2v) is 7.35. The maximum Gasteiger partial charge on any atom is 0.0205 e. The van der Waals surface area contributed by atoms with Gasteiger partial charge in [-0.05, 0) is 59.0 Å². The normalized spacial score (nSPS) is 11.2. The Balaban J connectivity index is 1.71. The van der Waals surface area contributed by atoms with Crippen LogP contribution in [0, 0.1) is 5.92 Å². The highest BCUT2D eigenvalue weighted by molar-refractivity contribution is 7.99. The minimum atomic E-state index is 0.710. The first-order chi connectivity index (χ1) is 9.74. The van der Waals surface area contributed by atoms with Crippen molar-refractivity contribution in [2.45, 2.75) is 31.7 Å². The number of benzene rings is 1. The van der Waals surface area contributed by atoms with Crippen LogP contribution in [0.5, 0.6) is 0 Å². The van der Waals surface area contributed by atoms with E-state index in [1.165, 1.54) is 16.0 Å². The van der Waals surface area contributed by atoms with E-state index >= 15 is 0 Å². The van der Waals surface area contributed by atoms with E-state index < -0.39 is 0 Å². The van der Waals surface area contributed by atoms with Crippen molar-refractivity contribution in [1.82, 2.24) is 5.32 Å². The highest BCUT2D eigenvalue weighted by atomic mass is 32.2. The number of aryl methyl sites for hydroxylation is 1. The van der Waals surface area contributed by atoms with Gasteiger partial charge in [0, 0.05) is 17.2 Å². The van der Waals surface area contributed by atoms with E-state index in [-0.39, 0.29) is 0 Å². The fraction of sp³-hybridized carbons (Fsp3) is 0.412. The molecule has 2 aromatic rings. The number of thioether (sulfide) groups is 1. The first-order valence-corrected chi connectivity index (χ1v) is 9.10. The predicted molar refractivity (Wildman–Crippen MR) is 91.7 cm³/mol. The van der Waals surface area contributed by atoms with Gasteiger partial charge in [-0.15, -0.1) is 11.8 Å². The van der Waals surface area contributed by atoms with E-state index in [9.17, 15) is 0 Å². The maximum atomic E-state index is 3.48. The second-order valence-electron chi connectivity index (χ2n) is 5.40. The first kappa shape index (κ1) is 15.6. The van der Waals surface area contributed by atoms with Gasteiger partial charge in [0.05, 0.1) is 0 Å². The lowest BCUT2D eigenvalue weighted by Gasteiger charge is -2.08. The van der Waals surface area contributed by atoms with E-state index in [1.807, 2.05) is 11.8 Å². The van der Waals surface area contributed by atoms with Crippen LogP contribution in [-0.2, 0) is 13.0 Å². The van der Waals surface area contributed by atoms with Gasteiger partial charge in [-0.2, -0.15) is 11.3 Å². The van der Waals surface area contributed by atoms with Crippen LogP contribution >= 0.6 is 23.1 Å². The molecule has 0 aliphatic heterocycles. The maximum absolute atomic E-state index is 3.48. The average Bonchev–Trinajstić information content (AvgIpc) is 2.93. The van der Waals surface area contributed by atoms with Crippen molar-refractivity contribution >= 4 is 23.1 Å². The lowest BCUT2D eigenvalue weighted by atomic mass is 10.2. The predicted octanol–water partition coefficient (Wildman–Crippen LogP) is 4.83. The number of thiophene rings is 1. The molecule has 0 radical (unpaired) electrons. The quantitative estimate of drug-likeness (QED) is 0.701. The highest BCUT2D eigenvalue weighted by Gasteiger charge is 1.98. The fourth-order valence-electron chi connectivity index (χ4n) is 1.93. The van der Waals surface area contributed by atoms with Gasteiger partial charge < -0.3 is 5.32 Å². The molecule has 1 aromatic heterocycles. The minimum absolute atomic E-state index is 0.710. The van der Waals surface area contributed by atoms with Crippen molar-refractivity contribution in [2.24, 2.45) is 5.92 Å². The van der Waals surface area contributed by atoms with E-state index in [2.05, 4.69) is 60.3 Å². The summed E-state index contributed by atoms with van der Waals surface area (Å²) in [6.07, 6.45) is 1.16. The van der Waals surface area contributed by atoms with E-state index in [1.54, 1.807) is 11.3 Å². The molecule has 1 aromatic carbocycles. The van der Waals surface area contributed by atoms with Gasteiger partial charge in [0.25, 0.3) is 0 Å². The molecule has 1 nitrogen and oxygen atoms in total. The molecule has 2 rings (SSSR count). The van der Waals surface area contributed by atoms with Crippen molar-refractivity contribution < 1.29 is 0 Å². The van der Waals surface area contributed by atoms with Crippen LogP contribution in [0.15, 0.2) is 46.0 Å².